The molecule has 0 aromatic heterocycles. The van der Waals surface area contributed by atoms with E-state index < -0.39 is 0 Å². The van der Waals surface area contributed by atoms with E-state index in [2.05, 4.69) is 13.8 Å². The van der Waals surface area contributed by atoms with Crippen LogP contribution in [0.1, 0.15) is 46.0 Å². The van der Waals surface area contributed by atoms with Crippen molar-refractivity contribution in [1.82, 2.24) is 0 Å². The molecule has 0 bridgehead atoms. The quantitative estimate of drug-likeness (QED) is 0.581. The van der Waals surface area contributed by atoms with Crippen molar-refractivity contribution in [3.8, 4) is 0 Å². The van der Waals surface area contributed by atoms with Gasteiger partial charge in [0.25, 0.3) is 0 Å². The molecule has 0 heteroatoms. The van der Waals surface area contributed by atoms with E-state index in [1.165, 1.54) is 18.8 Å². The normalized spacial score (nSPS) is 48.5. The van der Waals surface area contributed by atoms with E-state index in [4.69, 9.17) is 0 Å². The van der Waals surface area contributed by atoms with Crippen LogP contribution < -0.4 is 0 Å². The van der Waals surface area contributed by atoms with Crippen LogP contribution in [0.5, 0.6) is 0 Å². The number of hydrogen-bond donors (Lipinski definition) is 0. The third-order valence-corrected chi connectivity index (χ3v) is 3.65. The summed E-state index contributed by atoms with van der Waals surface area (Å²) in [7, 11) is 0. The first-order chi connectivity index (χ1) is 5.31. The van der Waals surface area contributed by atoms with Crippen molar-refractivity contribution in [1.29, 1.82) is 0 Å². The molecule has 0 spiro atoms. The van der Waals surface area contributed by atoms with Gasteiger partial charge >= 0.3 is 0 Å². The Balaban J connectivity index is 1.67. The summed E-state index contributed by atoms with van der Waals surface area (Å²) in [6.07, 6.45) is 7.58. The summed E-state index contributed by atoms with van der Waals surface area (Å²) in [6.45, 7) is 4.71. The number of rotatable bonds is 3. The summed E-state index contributed by atoms with van der Waals surface area (Å²) in [4.78, 5) is 0. The Morgan fingerprint density at radius 1 is 1.18 bits per heavy atom. The summed E-state index contributed by atoms with van der Waals surface area (Å²) in [5, 5.41) is 0. The van der Waals surface area contributed by atoms with Crippen LogP contribution in [0.2, 0.25) is 0 Å². The van der Waals surface area contributed by atoms with E-state index in [9.17, 15) is 0 Å². The molecule has 11 heavy (non-hydrogen) atoms. The Kier molecular flexibility index (Phi) is 1.95. The maximum Gasteiger partial charge on any atom is -0.0354 e. The molecule has 0 aromatic rings. The van der Waals surface area contributed by atoms with E-state index in [-0.39, 0.29) is 0 Å². The largest absolute Gasteiger partial charge is 0.0654 e. The average Bonchev–Trinajstić information content (AvgIpc) is 2.62. The van der Waals surface area contributed by atoms with Gasteiger partial charge in [-0.3, -0.25) is 0 Å². The van der Waals surface area contributed by atoms with E-state index >= 15 is 0 Å². The second-order valence-corrected chi connectivity index (χ2v) is 4.78. The molecule has 0 aliphatic heterocycles. The first-order valence-corrected chi connectivity index (χ1v) is 5.31. The van der Waals surface area contributed by atoms with Gasteiger partial charge in [0.1, 0.15) is 0 Å². The van der Waals surface area contributed by atoms with Crippen molar-refractivity contribution in [2.75, 3.05) is 0 Å². The van der Waals surface area contributed by atoms with Gasteiger partial charge in [0.05, 0.1) is 0 Å². The van der Waals surface area contributed by atoms with Crippen LogP contribution in [0.25, 0.3) is 0 Å². The molecular formula is C11H20. The van der Waals surface area contributed by atoms with Crippen molar-refractivity contribution >= 4 is 0 Å². The molecule has 0 heterocycles. The van der Waals surface area contributed by atoms with Crippen molar-refractivity contribution in [2.24, 2.45) is 23.7 Å². The SMILES string of the molecule is CCCC1CC1C1CC(C)C1. The zero-order valence-electron chi connectivity index (χ0n) is 7.84. The minimum Gasteiger partial charge on any atom is -0.0654 e. The fourth-order valence-corrected chi connectivity index (χ4v) is 2.87. The second kappa shape index (κ2) is 2.80. The maximum atomic E-state index is 2.40. The van der Waals surface area contributed by atoms with E-state index in [0.29, 0.717) is 0 Å². The van der Waals surface area contributed by atoms with Gasteiger partial charge in [0.15, 0.2) is 0 Å². The highest BCUT2D eigenvalue weighted by Gasteiger charge is 2.45. The summed E-state index contributed by atoms with van der Waals surface area (Å²) >= 11 is 0. The van der Waals surface area contributed by atoms with Crippen LogP contribution >= 0.6 is 0 Å². The first kappa shape index (κ1) is 7.64. The third-order valence-electron chi connectivity index (χ3n) is 3.65. The standard InChI is InChI=1S/C11H20/c1-3-4-9-7-11(9)10-5-8(2)6-10/h8-11H,3-7H2,1-2H3. The van der Waals surface area contributed by atoms with E-state index in [1.54, 1.807) is 19.3 Å². The zero-order chi connectivity index (χ0) is 7.84. The fraction of sp³-hybridized carbons (Fsp3) is 1.00. The van der Waals surface area contributed by atoms with Gasteiger partial charge in [0, 0.05) is 0 Å². The molecule has 64 valence electrons. The Morgan fingerprint density at radius 3 is 2.45 bits per heavy atom. The molecule has 2 aliphatic carbocycles. The molecule has 2 rings (SSSR count). The predicted molar refractivity (Wildman–Crippen MR) is 48.4 cm³/mol. The number of hydrogen-bond acceptors (Lipinski definition) is 0. The monoisotopic (exact) mass is 152 g/mol. The summed E-state index contributed by atoms with van der Waals surface area (Å²) in [5.74, 6) is 4.54. The Bertz CT molecular complexity index is 133. The molecule has 0 aromatic carbocycles. The van der Waals surface area contributed by atoms with Crippen LogP contribution in [-0.4, -0.2) is 0 Å². The lowest BCUT2D eigenvalue weighted by atomic mass is 9.73. The van der Waals surface area contributed by atoms with Gasteiger partial charge in [-0.2, -0.15) is 0 Å². The van der Waals surface area contributed by atoms with Crippen LogP contribution in [0.4, 0.5) is 0 Å². The van der Waals surface area contributed by atoms with Crippen molar-refractivity contribution in [2.45, 2.75) is 46.0 Å². The lowest BCUT2D eigenvalue weighted by Gasteiger charge is -2.33. The first-order valence-electron chi connectivity index (χ1n) is 5.31. The van der Waals surface area contributed by atoms with Crippen LogP contribution in [0, 0.1) is 23.7 Å². The minimum atomic E-state index is 1.06. The lowest BCUT2D eigenvalue weighted by molar-refractivity contribution is 0.177. The highest BCUT2D eigenvalue weighted by atomic mass is 14.5. The van der Waals surface area contributed by atoms with Gasteiger partial charge in [0.2, 0.25) is 0 Å². The topological polar surface area (TPSA) is 0 Å². The van der Waals surface area contributed by atoms with Gasteiger partial charge in [-0.1, -0.05) is 26.7 Å². The lowest BCUT2D eigenvalue weighted by Crippen LogP contribution is -2.23. The maximum absolute atomic E-state index is 2.40. The minimum absolute atomic E-state index is 1.06. The Morgan fingerprint density at radius 2 is 1.91 bits per heavy atom. The molecule has 2 saturated carbocycles. The smallest absolute Gasteiger partial charge is 0.0354 e. The molecular weight excluding hydrogens is 132 g/mol. The van der Waals surface area contributed by atoms with E-state index in [0.717, 1.165) is 17.8 Å². The van der Waals surface area contributed by atoms with Gasteiger partial charge in [-0.15, -0.1) is 0 Å². The van der Waals surface area contributed by atoms with Crippen LogP contribution in [0.3, 0.4) is 0 Å². The van der Waals surface area contributed by atoms with Crippen molar-refractivity contribution in [3.05, 3.63) is 0 Å². The van der Waals surface area contributed by atoms with Gasteiger partial charge in [-0.05, 0) is 42.9 Å². The van der Waals surface area contributed by atoms with Crippen LogP contribution in [0.15, 0.2) is 0 Å². The molecule has 0 nitrogen and oxygen atoms in total. The van der Waals surface area contributed by atoms with E-state index in [1.807, 2.05) is 0 Å². The Labute approximate surface area is 70.4 Å². The molecule has 0 amide bonds. The van der Waals surface area contributed by atoms with Gasteiger partial charge < -0.3 is 0 Å². The summed E-state index contributed by atoms with van der Waals surface area (Å²) in [5.41, 5.74) is 0. The van der Waals surface area contributed by atoms with Crippen LogP contribution in [-0.2, 0) is 0 Å². The molecule has 0 N–H and O–H groups in total. The highest BCUT2D eigenvalue weighted by molar-refractivity contribution is 4.95. The predicted octanol–water partition coefficient (Wildman–Crippen LogP) is 3.47. The summed E-state index contributed by atoms with van der Waals surface area (Å²) in [6, 6.07) is 0. The molecule has 2 aliphatic rings. The van der Waals surface area contributed by atoms with Crippen molar-refractivity contribution in [3.63, 3.8) is 0 Å². The van der Waals surface area contributed by atoms with Crippen molar-refractivity contribution < 1.29 is 0 Å². The molecule has 0 saturated heterocycles. The molecule has 0 radical (unpaired) electrons. The molecule has 2 unspecified atom stereocenters. The molecule has 2 fully saturated rings. The molecule has 2 atom stereocenters. The zero-order valence-corrected chi connectivity index (χ0v) is 7.84. The third kappa shape index (κ3) is 1.45. The highest BCUT2D eigenvalue weighted by Crippen LogP contribution is 2.54. The van der Waals surface area contributed by atoms with Gasteiger partial charge in [-0.25, -0.2) is 0 Å². The average molecular weight is 152 g/mol. The Hall–Kier alpha value is 0. The second-order valence-electron chi connectivity index (χ2n) is 4.78. The summed E-state index contributed by atoms with van der Waals surface area (Å²) < 4.78 is 0. The fourth-order valence-electron chi connectivity index (χ4n) is 2.87.